The van der Waals surface area contributed by atoms with Gasteiger partial charge in [0.2, 0.25) is 0 Å². The van der Waals surface area contributed by atoms with Crippen molar-refractivity contribution >= 4 is 5.78 Å². The second kappa shape index (κ2) is 4.21. The van der Waals surface area contributed by atoms with Gasteiger partial charge in [0, 0.05) is 18.7 Å². The first-order valence-electron chi connectivity index (χ1n) is 5.84. The van der Waals surface area contributed by atoms with Crippen LogP contribution in [0.5, 0.6) is 0 Å². The molecule has 1 N–H and O–H groups in total. The van der Waals surface area contributed by atoms with E-state index in [1.807, 2.05) is 6.08 Å². The van der Waals surface area contributed by atoms with Crippen LogP contribution in [0.3, 0.4) is 0 Å². The summed E-state index contributed by atoms with van der Waals surface area (Å²) in [6.45, 7) is 5.48. The molecule has 0 saturated carbocycles. The maximum atomic E-state index is 11.4. The lowest BCUT2D eigenvalue weighted by Gasteiger charge is -2.27. The molecule has 0 aromatic heterocycles. The van der Waals surface area contributed by atoms with E-state index in [0.717, 1.165) is 32.2 Å². The molecule has 1 aliphatic heterocycles. The zero-order valence-corrected chi connectivity index (χ0v) is 9.60. The van der Waals surface area contributed by atoms with E-state index in [9.17, 15) is 4.79 Å². The molecule has 2 rings (SSSR count). The first-order chi connectivity index (χ1) is 7.16. The quantitative estimate of drug-likeness (QED) is 0.713. The van der Waals surface area contributed by atoms with Crippen LogP contribution in [0, 0.1) is 5.92 Å². The fraction of sp³-hybridized carbons (Fsp3) is 0.615. The number of carbonyl (C=O) groups is 1. The van der Waals surface area contributed by atoms with Crippen molar-refractivity contribution in [3.63, 3.8) is 0 Å². The van der Waals surface area contributed by atoms with Crippen molar-refractivity contribution in [2.45, 2.75) is 39.5 Å². The van der Waals surface area contributed by atoms with Gasteiger partial charge < -0.3 is 5.32 Å². The molecule has 82 valence electrons. The molecule has 2 aliphatic rings. The normalized spacial score (nSPS) is 27.5. The Morgan fingerprint density at radius 2 is 2.20 bits per heavy atom. The summed E-state index contributed by atoms with van der Waals surface area (Å²) in [5, 5.41) is 3.47. The summed E-state index contributed by atoms with van der Waals surface area (Å²) in [6, 6.07) is 0. The van der Waals surface area contributed by atoms with Gasteiger partial charge in [0.05, 0.1) is 0 Å². The van der Waals surface area contributed by atoms with Crippen LogP contribution in [0.1, 0.15) is 39.5 Å². The highest BCUT2D eigenvalue weighted by Crippen LogP contribution is 2.28. The number of hydrogen-bond donors (Lipinski definition) is 1. The molecule has 1 aliphatic carbocycles. The monoisotopic (exact) mass is 205 g/mol. The summed E-state index contributed by atoms with van der Waals surface area (Å²) in [5.41, 5.74) is 3.89. The molecule has 0 aromatic rings. The molecule has 0 aromatic carbocycles. The molecule has 0 spiro atoms. The second-order valence-corrected chi connectivity index (χ2v) is 4.83. The molecule has 1 unspecified atom stereocenters. The minimum atomic E-state index is 0.289. The predicted molar refractivity (Wildman–Crippen MR) is 61.4 cm³/mol. The van der Waals surface area contributed by atoms with E-state index in [1.54, 1.807) is 0 Å². The van der Waals surface area contributed by atoms with Gasteiger partial charge in [-0.1, -0.05) is 6.92 Å². The maximum Gasteiger partial charge on any atom is 0.156 e. The number of carbonyl (C=O) groups excluding carboxylic acids is 1. The minimum absolute atomic E-state index is 0.289. The van der Waals surface area contributed by atoms with Gasteiger partial charge in [-0.2, -0.15) is 0 Å². The zero-order chi connectivity index (χ0) is 10.8. The van der Waals surface area contributed by atoms with Gasteiger partial charge in [-0.25, -0.2) is 0 Å². The van der Waals surface area contributed by atoms with Gasteiger partial charge in [-0.15, -0.1) is 0 Å². The summed E-state index contributed by atoms with van der Waals surface area (Å²) in [4.78, 5) is 11.4. The molecule has 0 saturated heterocycles. The van der Waals surface area contributed by atoms with Crippen molar-refractivity contribution in [3.8, 4) is 0 Å². The second-order valence-electron chi connectivity index (χ2n) is 4.83. The Kier molecular flexibility index (Phi) is 2.94. The predicted octanol–water partition coefficient (Wildman–Crippen LogP) is 2.57. The van der Waals surface area contributed by atoms with Crippen molar-refractivity contribution < 1.29 is 4.79 Å². The van der Waals surface area contributed by atoms with Crippen LogP contribution in [-0.2, 0) is 4.79 Å². The molecule has 1 heterocycles. The molecule has 0 fully saturated rings. The van der Waals surface area contributed by atoms with Crippen LogP contribution in [0.4, 0.5) is 0 Å². The fourth-order valence-electron chi connectivity index (χ4n) is 2.50. The Bertz CT molecular complexity index is 338. The topological polar surface area (TPSA) is 29.1 Å². The molecule has 0 amide bonds. The zero-order valence-electron chi connectivity index (χ0n) is 9.60. The third-order valence-corrected chi connectivity index (χ3v) is 3.23. The molecule has 2 heteroatoms. The van der Waals surface area contributed by atoms with Crippen molar-refractivity contribution in [3.05, 3.63) is 22.9 Å². The third-order valence-electron chi connectivity index (χ3n) is 3.23. The molecule has 1 atom stereocenters. The lowest BCUT2D eigenvalue weighted by Crippen LogP contribution is -2.29. The summed E-state index contributed by atoms with van der Waals surface area (Å²) >= 11 is 0. The summed E-state index contributed by atoms with van der Waals surface area (Å²) < 4.78 is 0. The number of nitrogens with one attached hydrogen (secondary N) is 1. The minimum Gasteiger partial charge on any atom is -0.385 e. The van der Waals surface area contributed by atoms with E-state index < -0.39 is 0 Å². The van der Waals surface area contributed by atoms with Crippen molar-refractivity contribution in [2.75, 3.05) is 6.54 Å². The Hall–Kier alpha value is -1.05. The third kappa shape index (κ3) is 2.31. The van der Waals surface area contributed by atoms with Crippen molar-refractivity contribution in [1.29, 1.82) is 0 Å². The van der Waals surface area contributed by atoms with E-state index in [-0.39, 0.29) is 5.78 Å². The summed E-state index contributed by atoms with van der Waals surface area (Å²) in [5.74, 6) is 1.01. The van der Waals surface area contributed by atoms with Crippen LogP contribution < -0.4 is 5.32 Å². The SMILES string of the molecule is CC1=C(C2=CC(=O)CCC2)NCC(C)C1. The van der Waals surface area contributed by atoms with Crippen LogP contribution in [0.15, 0.2) is 22.9 Å². The molecular weight excluding hydrogens is 186 g/mol. The van der Waals surface area contributed by atoms with Crippen LogP contribution in [0.2, 0.25) is 0 Å². The fourth-order valence-corrected chi connectivity index (χ4v) is 2.50. The van der Waals surface area contributed by atoms with Gasteiger partial charge in [0.15, 0.2) is 5.78 Å². The Morgan fingerprint density at radius 1 is 1.40 bits per heavy atom. The van der Waals surface area contributed by atoms with Gasteiger partial charge in [-0.3, -0.25) is 4.79 Å². The van der Waals surface area contributed by atoms with Gasteiger partial charge in [-0.05, 0) is 49.3 Å². The average Bonchev–Trinajstić information content (AvgIpc) is 2.17. The highest BCUT2D eigenvalue weighted by atomic mass is 16.1. The van der Waals surface area contributed by atoms with Crippen LogP contribution >= 0.6 is 0 Å². The Balaban J connectivity index is 2.23. The summed E-state index contributed by atoms with van der Waals surface area (Å²) in [7, 11) is 0. The van der Waals surface area contributed by atoms with Crippen LogP contribution in [-0.4, -0.2) is 12.3 Å². The largest absolute Gasteiger partial charge is 0.385 e. The van der Waals surface area contributed by atoms with Crippen LogP contribution in [0.25, 0.3) is 0 Å². The van der Waals surface area contributed by atoms with E-state index in [4.69, 9.17) is 0 Å². The van der Waals surface area contributed by atoms with Gasteiger partial charge in [0.1, 0.15) is 0 Å². The van der Waals surface area contributed by atoms with E-state index in [0.29, 0.717) is 5.92 Å². The molecule has 15 heavy (non-hydrogen) atoms. The number of rotatable bonds is 1. The highest BCUT2D eigenvalue weighted by molar-refractivity contribution is 5.91. The molecule has 0 radical (unpaired) electrons. The Morgan fingerprint density at radius 3 is 2.87 bits per heavy atom. The maximum absolute atomic E-state index is 11.4. The number of ketones is 1. The van der Waals surface area contributed by atoms with Gasteiger partial charge in [0.25, 0.3) is 0 Å². The number of allylic oxidation sites excluding steroid dienone is 3. The molecule has 0 bridgehead atoms. The first kappa shape index (κ1) is 10.5. The number of hydrogen-bond acceptors (Lipinski definition) is 2. The lowest BCUT2D eigenvalue weighted by molar-refractivity contribution is -0.115. The van der Waals surface area contributed by atoms with E-state index in [1.165, 1.54) is 16.8 Å². The molecule has 2 nitrogen and oxygen atoms in total. The lowest BCUT2D eigenvalue weighted by atomic mass is 9.89. The Labute approximate surface area is 91.4 Å². The van der Waals surface area contributed by atoms with E-state index >= 15 is 0 Å². The van der Waals surface area contributed by atoms with E-state index in [2.05, 4.69) is 19.2 Å². The smallest absolute Gasteiger partial charge is 0.156 e. The highest BCUT2D eigenvalue weighted by Gasteiger charge is 2.19. The standard InChI is InChI=1S/C13H19NO/c1-9-6-10(2)13(14-8-9)11-4-3-5-12(15)7-11/h7,9,14H,3-6,8H2,1-2H3. The summed E-state index contributed by atoms with van der Waals surface area (Å²) in [6.07, 6.45) is 5.80. The average molecular weight is 205 g/mol. The van der Waals surface area contributed by atoms with Crippen molar-refractivity contribution in [2.24, 2.45) is 5.92 Å². The first-order valence-corrected chi connectivity index (χ1v) is 5.84. The molecular formula is C13H19NO. The van der Waals surface area contributed by atoms with Crippen molar-refractivity contribution in [1.82, 2.24) is 5.32 Å². The van der Waals surface area contributed by atoms with Gasteiger partial charge >= 0.3 is 0 Å².